The predicted molar refractivity (Wildman–Crippen MR) is 91.0 cm³/mol. The summed E-state index contributed by atoms with van der Waals surface area (Å²) in [6, 6.07) is 11.4. The van der Waals surface area contributed by atoms with E-state index in [2.05, 4.69) is 23.1 Å². The monoisotopic (exact) mass is 343 g/mol. The van der Waals surface area contributed by atoms with Gasteiger partial charge in [0.1, 0.15) is 5.76 Å². The topological polar surface area (TPSA) is 100 Å². The molecule has 7 nitrogen and oxygen atoms in total. The summed E-state index contributed by atoms with van der Waals surface area (Å²) >= 11 is 0. The standard InChI is InChI=1S/C18H21N3O4/c1-2-13-5-7-14(8-6-13)9-10-16(22)20-21-18(24)17(23)19-12-15-4-3-11-25-15/h3-8,11H,2,9-10,12H2,1H3,(H,19,23)(H,20,22)(H,21,24). The number of hydrogen-bond donors (Lipinski definition) is 3. The van der Waals surface area contributed by atoms with Gasteiger partial charge in [-0.2, -0.15) is 0 Å². The molecule has 2 aromatic rings. The fourth-order valence-electron chi connectivity index (χ4n) is 2.11. The molecule has 0 unspecified atom stereocenters. The van der Waals surface area contributed by atoms with Crippen LogP contribution in [0.2, 0.25) is 0 Å². The summed E-state index contributed by atoms with van der Waals surface area (Å²) in [4.78, 5) is 34.9. The van der Waals surface area contributed by atoms with Gasteiger partial charge in [0.15, 0.2) is 0 Å². The van der Waals surface area contributed by atoms with E-state index in [1.165, 1.54) is 11.8 Å². The van der Waals surface area contributed by atoms with E-state index in [-0.39, 0.29) is 18.9 Å². The van der Waals surface area contributed by atoms with Crippen molar-refractivity contribution in [2.45, 2.75) is 32.7 Å². The summed E-state index contributed by atoms with van der Waals surface area (Å²) in [5.41, 5.74) is 6.59. The summed E-state index contributed by atoms with van der Waals surface area (Å²) in [5, 5.41) is 2.38. The van der Waals surface area contributed by atoms with Gasteiger partial charge >= 0.3 is 11.8 Å². The second-order valence-electron chi connectivity index (χ2n) is 5.43. The highest BCUT2D eigenvalue weighted by Crippen LogP contribution is 2.07. The molecule has 0 radical (unpaired) electrons. The van der Waals surface area contributed by atoms with Crippen LogP contribution < -0.4 is 16.2 Å². The van der Waals surface area contributed by atoms with Crippen molar-refractivity contribution in [3.05, 3.63) is 59.5 Å². The molecule has 3 N–H and O–H groups in total. The van der Waals surface area contributed by atoms with Gasteiger partial charge in [0.25, 0.3) is 0 Å². The summed E-state index contributed by atoms with van der Waals surface area (Å²) in [6.45, 7) is 2.18. The third-order valence-corrected chi connectivity index (χ3v) is 3.60. The molecular formula is C18H21N3O4. The lowest BCUT2D eigenvalue weighted by Crippen LogP contribution is -2.48. The molecule has 132 valence electrons. The van der Waals surface area contributed by atoms with Crippen molar-refractivity contribution in [2.24, 2.45) is 0 Å². The molecule has 0 bridgehead atoms. The highest BCUT2D eigenvalue weighted by atomic mass is 16.3. The SMILES string of the molecule is CCc1ccc(CCC(=O)NNC(=O)C(=O)NCc2ccco2)cc1. The Morgan fingerprint density at radius 1 is 0.960 bits per heavy atom. The Labute approximate surface area is 145 Å². The first kappa shape index (κ1) is 18.3. The van der Waals surface area contributed by atoms with Crippen LogP contribution in [0.1, 0.15) is 30.2 Å². The van der Waals surface area contributed by atoms with Crippen molar-refractivity contribution < 1.29 is 18.8 Å². The van der Waals surface area contributed by atoms with E-state index in [0.29, 0.717) is 12.2 Å². The van der Waals surface area contributed by atoms with Gasteiger partial charge < -0.3 is 9.73 Å². The predicted octanol–water partition coefficient (Wildman–Crippen LogP) is 1.24. The van der Waals surface area contributed by atoms with Crippen LogP contribution in [-0.4, -0.2) is 17.7 Å². The lowest BCUT2D eigenvalue weighted by atomic mass is 10.1. The number of benzene rings is 1. The Morgan fingerprint density at radius 3 is 2.32 bits per heavy atom. The van der Waals surface area contributed by atoms with Crippen molar-refractivity contribution in [3.8, 4) is 0 Å². The highest BCUT2D eigenvalue weighted by molar-refractivity contribution is 6.35. The zero-order valence-corrected chi connectivity index (χ0v) is 14.0. The third-order valence-electron chi connectivity index (χ3n) is 3.60. The van der Waals surface area contributed by atoms with E-state index >= 15 is 0 Å². The molecule has 7 heteroatoms. The van der Waals surface area contributed by atoms with E-state index in [1.807, 2.05) is 24.3 Å². The second-order valence-corrected chi connectivity index (χ2v) is 5.43. The van der Waals surface area contributed by atoms with Crippen molar-refractivity contribution in [1.29, 1.82) is 0 Å². The Bertz CT molecular complexity index is 708. The number of hydrazine groups is 1. The summed E-state index contributed by atoms with van der Waals surface area (Å²) in [6.07, 6.45) is 3.20. The summed E-state index contributed by atoms with van der Waals surface area (Å²) in [5.74, 6) is -1.63. The number of aryl methyl sites for hydroxylation is 2. The van der Waals surface area contributed by atoms with Gasteiger partial charge in [-0.05, 0) is 36.1 Å². The fraction of sp³-hybridized carbons (Fsp3) is 0.278. The average Bonchev–Trinajstić information content (AvgIpc) is 3.16. The fourth-order valence-corrected chi connectivity index (χ4v) is 2.11. The highest BCUT2D eigenvalue weighted by Gasteiger charge is 2.14. The van der Waals surface area contributed by atoms with E-state index in [1.54, 1.807) is 12.1 Å². The molecule has 0 spiro atoms. The lowest BCUT2D eigenvalue weighted by Gasteiger charge is -2.07. The normalized spacial score (nSPS) is 10.1. The van der Waals surface area contributed by atoms with Gasteiger partial charge in [-0.25, -0.2) is 0 Å². The number of carbonyl (C=O) groups is 3. The first-order chi connectivity index (χ1) is 12.1. The minimum Gasteiger partial charge on any atom is -0.467 e. The van der Waals surface area contributed by atoms with E-state index in [0.717, 1.165) is 12.0 Å². The van der Waals surface area contributed by atoms with Crippen LogP contribution in [0.25, 0.3) is 0 Å². The summed E-state index contributed by atoms with van der Waals surface area (Å²) < 4.78 is 5.03. The van der Waals surface area contributed by atoms with Crippen LogP contribution in [0, 0.1) is 0 Å². The summed E-state index contributed by atoms with van der Waals surface area (Å²) in [7, 11) is 0. The van der Waals surface area contributed by atoms with Crippen molar-refractivity contribution in [3.63, 3.8) is 0 Å². The molecule has 0 saturated heterocycles. The number of rotatable bonds is 6. The Morgan fingerprint density at radius 2 is 1.68 bits per heavy atom. The van der Waals surface area contributed by atoms with Crippen LogP contribution in [0.3, 0.4) is 0 Å². The van der Waals surface area contributed by atoms with Crippen LogP contribution in [0.4, 0.5) is 0 Å². The van der Waals surface area contributed by atoms with Gasteiger partial charge in [0.2, 0.25) is 5.91 Å². The third kappa shape index (κ3) is 6.14. The van der Waals surface area contributed by atoms with Crippen LogP contribution >= 0.6 is 0 Å². The molecule has 0 aliphatic heterocycles. The Balaban J connectivity index is 1.66. The van der Waals surface area contributed by atoms with Gasteiger partial charge in [-0.1, -0.05) is 31.2 Å². The maximum absolute atomic E-state index is 11.7. The van der Waals surface area contributed by atoms with E-state index in [9.17, 15) is 14.4 Å². The second kappa shape index (κ2) is 9.27. The molecule has 0 fully saturated rings. The zero-order valence-electron chi connectivity index (χ0n) is 14.0. The number of carbonyl (C=O) groups excluding carboxylic acids is 3. The number of amides is 3. The van der Waals surface area contributed by atoms with Crippen molar-refractivity contribution >= 4 is 17.7 Å². The molecule has 0 atom stereocenters. The molecule has 1 aromatic heterocycles. The van der Waals surface area contributed by atoms with Crippen LogP contribution in [0.5, 0.6) is 0 Å². The number of nitrogens with one attached hydrogen (secondary N) is 3. The van der Waals surface area contributed by atoms with E-state index in [4.69, 9.17) is 4.42 Å². The van der Waals surface area contributed by atoms with Crippen molar-refractivity contribution in [2.75, 3.05) is 0 Å². The first-order valence-electron chi connectivity index (χ1n) is 8.05. The first-order valence-corrected chi connectivity index (χ1v) is 8.05. The smallest absolute Gasteiger partial charge is 0.327 e. The maximum atomic E-state index is 11.7. The van der Waals surface area contributed by atoms with Crippen LogP contribution in [0.15, 0.2) is 47.1 Å². The molecule has 2 rings (SSSR count). The van der Waals surface area contributed by atoms with Gasteiger partial charge in [0, 0.05) is 6.42 Å². The van der Waals surface area contributed by atoms with Gasteiger partial charge in [-0.3, -0.25) is 25.2 Å². The quantitative estimate of drug-likeness (QED) is 0.543. The lowest BCUT2D eigenvalue weighted by molar-refractivity contribution is -0.141. The molecule has 0 aliphatic rings. The minimum absolute atomic E-state index is 0.0982. The molecule has 1 heterocycles. The Kier molecular flexibility index (Phi) is 6.76. The molecule has 1 aromatic carbocycles. The number of furan rings is 1. The molecular weight excluding hydrogens is 322 g/mol. The molecule has 3 amide bonds. The molecule has 25 heavy (non-hydrogen) atoms. The van der Waals surface area contributed by atoms with E-state index < -0.39 is 11.8 Å². The van der Waals surface area contributed by atoms with Gasteiger partial charge in [0.05, 0.1) is 12.8 Å². The Hall–Kier alpha value is -3.09. The number of hydrogen-bond acceptors (Lipinski definition) is 4. The average molecular weight is 343 g/mol. The minimum atomic E-state index is -0.938. The molecule has 0 saturated carbocycles. The largest absolute Gasteiger partial charge is 0.467 e. The maximum Gasteiger partial charge on any atom is 0.327 e. The molecule has 0 aliphatic carbocycles. The van der Waals surface area contributed by atoms with Crippen molar-refractivity contribution in [1.82, 2.24) is 16.2 Å². The van der Waals surface area contributed by atoms with Gasteiger partial charge in [-0.15, -0.1) is 0 Å². The zero-order chi connectivity index (χ0) is 18.1. The van der Waals surface area contributed by atoms with Crippen LogP contribution in [-0.2, 0) is 33.8 Å².